The Balaban J connectivity index is 1.90. The quantitative estimate of drug-likeness (QED) is 0.218. The number of carbonyl (C=O) groups is 1. The lowest BCUT2D eigenvalue weighted by Crippen LogP contribution is -2.11. The fraction of sp³-hybridized carbons (Fsp3) is 0.346. The molecular weight excluding hydrogens is 487 g/mol. The van der Waals surface area contributed by atoms with Gasteiger partial charge in [-0.25, -0.2) is 8.78 Å². The lowest BCUT2D eigenvalue weighted by atomic mass is 10.0. The molecule has 0 bridgehead atoms. The molecule has 0 spiro atoms. The van der Waals surface area contributed by atoms with Crippen molar-refractivity contribution in [2.24, 2.45) is 0 Å². The van der Waals surface area contributed by atoms with Crippen LogP contribution in [0.2, 0.25) is 0 Å². The first-order valence-electron chi connectivity index (χ1n) is 11.1. The molecule has 0 unspecified atom stereocenters. The van der Waals surface area contributed by atoms with E-state index >= 15 is 0 Å². The minimum atomic E-state index is -4.66. The second kappa shape index (κ2) is 11.2. The molecule has 0 aliphatic heterocycles. The third-order valence-corrected chi connectivity index (χ3v) is 6.63. The van der Waals surface area contributed by atoms with Crippen molar-refractivity contribution < 1.29 is 36.2 Å². The van der Waals surface area contributed by atoms with Crippen LogP contribution in [-0.2, 0) is 35.2 Å². The minimum Gasteiger partial charge on any atom is -0.483 e. The summed E-state index contributed by atoms with van der Waals surface area (Å²) < 4.78 is 80.9. The van der Waals surface area contributed by atoms with Gasteiger partial charge in [0.05, 0.1) is 12.2 Å². The Labute approximate surface area is 204 Å². The maximum Gasteiger partial charge on any atom is 0.417 e. The van der Waals surface area contributed by atoms with E-state index in [-0.39, 0.29) is 35.5 Å². The van der Waals surface area contributed by atoms with Crippen molar-refractivity contribution in [2.75, 3.05) is 6.61 Å². The van der Waals surface area contributed by atoms with Crippen molar-refractivity contribution >= 4 is 17.3 Å². The number of rotatable bonds is 9. The molecule has 188 valence electrons. The fourth-order valence-corrected chi connectivity index (χ4v) is 4.93. The molecule has 2 aromatic carbocycles. The van der Waals surface area contributed by atoms with E-state index in [4.69, 9.17) is 9.47 Å². The Morgan fingerprint density at radius 2 is 1.63 bits per heavy atom. The Kier molecular flexibility index (Phi) is 8.53. The molecule has 0 fully saturated rings. The molecule has 1 aromatic heterocycles. The van der Waals surface area contributed by atoms with E-state index in [0.29, 0.717) is 10.4 Å². The van der Waals surface area contributed by atoms with E-state index in [1.807, 2.05) is 19.1 Å². The predicted octanol–water partition coefficient (Wildman–Crippen LogP) is 7.66. The Bertz CT molecular complexity index is 1160. The largest absolute Gasteiger partial charge is 0.483 e. The normalized spacial score (nSPS) is 11.5. The molecule has 0 radical (unpaired) electrons. The monoisotopic (exact) mass is 512 g/mol. The minimum absolute atomic E-state index is 0.0425. The molecular formula is C26H25F5O3S. The molecule has 3 rings (SSSR count). The molecule has 0 saturated heterocycles. The average Bonchev–Trinajstić information content (AvgIpc) is 3.14. The number of benzene rings is 2. The van der Waals surface area contributed by atoms with Crippen LogP contribution in [0.15, 0.2) is 36.4 Å². The highest BCUT2D eigenvalue weighted by atomic mass is 32.1. The van der Waals surface area contributed by atoms with Gasteiger partial charge in [0, 0.05) is 21.7 Å². The number of halogens is 5. The molecule has 3 nitrogen and oxygen atoms in total. The van der Waals surface area contributed by atoms with Gasteiger partial charge in [-0.2, -0.15) is 13.2 Å². The molecule has 35 heavy (non-hydrogen) atoms. The van der Waals surface area contributed by atoms with Gasteiger partial charge < -0.3 is 9.47 Å². The lowest BCUT2D eigenvalue weighted by molar-refractivity contribution is -0.143. The smallest absolute Gasteiger partial charge is 0.417 e. The highest BCUT2D eigenvalue weighted by molar-refractivity contribution is 7.15. The van der Waals surface area contributed by atoms with Gasteiger partial charge in [0.1, 0.15) is 6.61 Å². The molecule has 0 aliphatic carbocycles. The lowest BCUT2D eigenvalue weighted by Gasteiger charge is -2.14. The maximum absolute atomic E-state index is 14.6. The van der Waals surface area contributed by atoms with Crippen molar-refractivity contribution in [2.45, 2.75) is 52.8 Å². The Morgan fingerprint density at radius 3 is 2.17 bits per heavy atom. The molecule has 0 amide bonds. The summed E-state index contributed by atoms with van der Waals surface area (Å²) in [6.07, 6.45) is -3.89. The average molecular weight is 513 g/mol. The topological polar surface area (TPSA) is 35.5 Å². The van der Waals surface area contributed by atoms with Crippen LogP contribution in [0, 0.1) is 18.6 Å². The zero-order chi connectivity index (χ0) is 25.8. The van der Waals surface area contributed by atoms with Gasteiger partial charge >= 0.3 is 12.1 Å². The number of ether oxygens (including phenoxy) is 2. The fourth-order valence-electron chi connectivity index (χ4n) is 3.74. The van der Waals surface area contributed by atoms with Gasteiger partial charge in [-0.15, -0.1) is 11.3 Å². The number of esters is 1. The number of hydrogen-bond acceptors (Lipinski definition) is 4. The molecule has 1 heterocycles. The maximum atomic E-state index is 14.6. The van der Waals surface area contributed by atoms with Crippen molar-refractivity contribution in [1.82, 2.24) is 0 Å². The first-order valence-corrected chi connectivity index (χ1v) is 11.9. The van der Waals surface area contributed by atoms with Crippen molar-refractivity contribution in [3.05, 3.63) is 75.2 Å². The van der Waals surface area contributed by atoms with E-state index in [9.17, 15) is 26.7 Å². The van der Waals surface area contributed by atoms with Crippen molar-refractivity contribution in [3.63, 3.8) is 0 Å². The van der Waals surface area contributed by atoms with Crippen LogP contribution in [0.3, 0.4) is 0 Å². The van der Waals surface area contributed by atoms with Gasteiger partial charge in [0.2, 0.25) is 0 Å². The van der Waals surface area contributed by atoms with E-state index in [2.05, 4.69) is 0 Å². The van der Waals surface area contributed by atoms with E-state index in [1.165, 1.54) is 6.92 Å². The molecule has 3 aromatic rings. The number of hydrogen-bond donors (Lipinski definition) is 0. The zero-order valence-electron chi connectivity index (χ0n) is 19.5. The first-order chi connectivity index (χ1) is 16.5. The second-order valence-corrected chi connectivity index (χ2v) is 9.10. The Morgan fingerprint density at radius 1 is 1.00 bits per heavy atom. The van der Waals surface area contributed by atoms with Crippen molar-refractivity contribution in [1.29, 1.82) is 0 Å². The number of alkyl halides is 3. The molecule has 9 heteroatoms. The number of aryl methyl sites for hydroxylation is 3. The van der Waals surface area contributed by atoms with Crippen LogP contribution in [0.1, 0.15) is 47.4 Å². The number of thiophene rings is 1. The highest BCUT2D eigenvalue weighted by Crippen LogP contribution is 2.45. The summed E-state index contributed by atoms with van der Waals surface area (Å²) >= 11 is 0.962. The molecule has 0 N–H and O–H groups in total. The third kappa shape index (κ3) is 6.39. The van der Waals surface area contributed by atoms with E-state index < -0.39 is 41.7 Å². The van der Waals surface area contributed by atoms with Crippen LogP contribution in [0.4, 0.5) is 22.0 Å². The molecule has 0 saturated carbocycles. The number of carbonyl (C=O) groups excluding carboxylic acids is 1. The summed E-state index contributed by atoms with van der Waals surface area (Å²) in [6.45, 7) is 4.51. The van der Waals surface area contributed by atoms with Gasteiger partial charge in [-0.3, -0.25) is 4.79 Å². The molecule has 0 aliphatic rings. The predicted molar refractivity (Wildman–Crippen MR) is 125 cm³/mol. The van der Waals surface area contributed by atoms with Gasteiger partial charge in [-0.05, 0) is 55.5 Å². The zero-order valence-corrected chi connectivity index (χ0v) is 20.3. The second-order valence-electron chi connectivity index (χ2n) is 7.87. The van der Waals surface area contributed by atoms with Crippen LogP contribution in [-0.4, -0.2) is 12.6 Å². The summed E-state index contributed by atoms with van der Waals surface area (Å²) in [6, 6.07) is 9.13. The summed E-state index contributed by atoms with van der Waals surface area (Å²) in [4.78, 5) is 11.9. The SMILES string of the molecule is CCOC(=O)CCc1cc(F)c(OCc2c(-c3ccc(CC)cc3)sc(C)c2C(F)(F)F)c(F)c1. The van der Waals surface area contributed by atoms with Crippen LogP contribution in [0.25, 0.3) is 10.4 Å². The molecule has 0 atom stereocenters. The van der Waals surface area contributed by atoms with Crippen LogP contribution >= 0.6 is 11.3 Å². The summed E-state index contributed by atoms with van der Waals surface area (Å²) in [5.74, 6) is -3.38. The summed E-state index contributed by atoms with van der Waals surface area (Å²) in [5.41, 5.74) is 0.778. The van der Waals surface area contributed by atoms with Gasteiger partial charge in [0.15, 0.2) is 17.4 Å². The van der Waals surface area contributed by atoms with Gasteiger partial charge in [-0.1, -0.05) is 31.2 Å². The third-order valence-electron chi connectivity index (χ3n) is 5.43. The summed E-state index contributed by atoms with van der Waals surface area (Å²) in [7, 11) is 0. The standard InChI is InChI=1S/C26H25F5O3S/c1-4-16-6-9-18(10-7-16)25-19(23(15(3)35-25)26(29,30)31)14-34-24-20(27)12-17(13-21(24)28)8-11-22(32)33-5-2/h6-7,9-10,12-13H,4-5,8,11,14H2,1-3H3. The first kappa shape index (κ1) is 26.7. The van der Waals surface area contributed by atoms with Gasteiger partial charge in [0.25, 0.3) is 0 Å². The Hall–Kier alpha value is -2.94. The van der Waals surface area contributed by atoms with E-state index in [1.54, 1.807) is 19.1 Å². The van der Waals surface area contributed by atoms with Crippen LogP contribution in [0.5, 0.6) is 5.75 Å². The van der Waals surface area contributed by atoms with Crippen molar-refractivity contribution in [3.8, 4) is 16.2 Å². The highest BCUT2D eigenvalue weighted by Gasteiger charge is 2.38. The van der Waals surface area contributed by atoms with Crippen LogP contribution < -0.4 is 4.74 Å². The summed E-state index contributed by atoms with van der Waals surface area (Å²) in [5, 5.41) is 0. The van der Waals surface area contributed by atoms with E-state index in [0.717, 1.165) is 35.5 Å².